The van der Waals surface area contributed by atoms with Gasteiger partial charge in [-0.2, -0.15) is 0 Å². The Bertz CT molecular complexity index is 427. The van der Waals surface area contributed by atoms with E-state index in [2.05, 4.69) is 26.7 Å². The summed E-state index contributed by atoms with van der Waals surface area (Å²) in [6.07, 6.45) is 6.64. The van der Waals surface area contributed by atoms with E-state index in [4.69, 9.17) is 12.2 Å². The molecule has 0 atom stereocenters. The highest BCUT2D eigenvalue weighted by molar-refractivity contribution is 7.71. The topological polar surface area (TPSA) is 36.9 Å². The Morgan fingerprint density at radius 1 is 1.44 bits per heavy atom. The fourth-order valence-electron chi connectivity index (χ4n) is 2.37. The van der Waals surface area contributed by atoms with Crippen molar-refractivity contribution in [2.75, 3.05) is 18.5 Å². The maximum absolute atomic E-state index is 5.28. The minimum absolute atomic E-state index is 0.602. The molecule has 4 nitrogen and oxygen atoms in total. The Balaban J connectivity index is 1.78. The van der Waals surface area contributed by atoms with E-state index >= 15 is 0 Å². The van der Waals surface area contributed by atoms with Crippen LogP contribution in [0.5, 0.6) is 0 Å². The third-order valence-electron chi connectivity index (χ3n) is 3.70. The van der Waals surface area contributed by atoms with Crippen LogP contribution in [0.15, 0.2) is 0 Å². The zero-order valence-electron chi connectivity index (χ0n) is 9.65. The second-order valence-electron chi connectivity index (χ2n) is 5.11. The van der Waals surface area contributed by atoms with Crippen LogP contribution >= 0.6 is 12.2 Å². The minimum Gasteiger partial charge on any atom is -0.344 e. The van der Waals surface area contributed by atoms with E-state index in [9.17, 15) is 0 Å². The van der Waals surface area contributed by atoms with Crippen molar-refractivity contribution in [3.63, 3.8) is 0 Å². The van der Waals surface area contributed by atoms with E-state index in [0.29, 0.717) is 6.04 Å². The summed E-state index contributed by atoms with van der Waals surface area (Å²) in [5.74, 6) is 1.89. The van der Waals surface area contributed by atoms with E-state index < -0.39 is 0 Å². The van der Waals surface area contributed by atoms with Crippen molar-refractivity contribution in [3.05, 3.63) is 4.77 Å². The molecule has 3 rings (SSSR count). The van der Waals surface area contributed by atoms with Gasteiger partial charge in [0.25, 0.3) is 0 Å². The second kappa shape index (κ2) is 3.87. The average Bonchev–Trinajstić information content (AvgIpc) is 2.96. The summed E-state index contributed by atoms with van der Waals surface area (Å²) in [7, 11) is 2.13. The van der Waals surface area contributed by atoms with Crippen LogP contribution < -0.4 is 4.90 Å². The highest BCUT2D eigenvalue weighted by atomic mass is 32.1. The van der Waals surface area contributed by atoms with Gasteiger partial charge in [0.1, 0.15) is 0 Å². The first-order chi connectivity index (χ1) is 7.75. The highest BCUT2D eigenvalue weighted by Gasteiger charge is 2.29. The number of anilines is 1. The van der Waals surface area contributed by atoms with Crippen molar-refractivity contribution in [1.82, 2.24) is 14.8 Å². The molecule has 5 heteroatoms. The second-order valence-corrected chi connectivity index (χ2v) is 5.49. The number of aromatic nitrogens is 3. The van der Waals surface area contributed by atoms with Crippen molar-refractivity contribution < 1.29 is 0 Å². The molecule has 1 N–H and O–H groups in total. The zero-order valence-corrected chi connectivity index (χ0v) is 10.5. The first-order valence-electron chi connectivity index (χ1n) is 6.14. The first-order valence-corrected chi connectivity index (χ1v) is 6.54. The Kier molecular flexibility index (Phi) is 2.50. The maximum atomic E-state index is 5.28. The van der Waals surface area contributed by atoms with Crippen molar-refractivity contribution >= 4 is 18.2 Å². The molecule has 2 saturated carbocycles. The monoisotopic (exact) mass is 238 g/mol. The standard InChI is InChI=1S/C11H18N4S/c1-14(7-8-3-2-4-8)10-12-13-11(16)15(10)9-5-6-9/h8-9H,2-7H2,1H3,(H,13,16). The van der Waals surface area contributed by atoms with Crippen LogP contribution in [0, 0.1) is 10.7 Å². The third-order valence-corrected chi connectivity index (χ3v) is 3.98. The quantitative estimate of drug-likeness (QED) is 0.819. The van der Waals surface area contributed by atoms with Crippen LogP contribution in [0.3, 0.4) is 0 Å². The lowest BCUT2D eigenvalue weighted by molar-refractivity contribution is 0.319. The molecule has 1 aromatic rings. The van der Waals surface area contributed by atoms with E-state index in [1.807, 2.05) is 0 Å². The Labute approximate surface area is 101 Å². The summed E-state index contributed by atoms with van der Waals surface area (Å²) in [4.78, 5) is 2.26. The number of aromatic amines is 1. The van der Waals surface area contributed by atoms with E-state index in [-0.39, 0.29) is 0 Å². The predicted octanol–water partition coefficient (Wildman–Crippen LogP) is 2.51. The Hall–Kier alpha value is -0.840. The van der Waals surface area contributed by atoms with Gasteiger partial charge in [-0.1, -0.05) is 6.42 Å². The van der Waals surface area contributed by atoms with Gasteiger partial charge in [0.2, 0.25) is 5.95 Å². The van der Waals surface area contributed by atoms with E-state index in [0.717, 1.165) is 23.2 Å². The molecule has 0 radical (unpaired) electrons. The van der Waals surface area contributed by atoms with Gasteiger partial charge in [0.05, 0.1) is 0 Å². The summed E-state index contributed by atoms with van der Waals surface area (Å²) in [5, 5.41) is 7.28. The average molecular weight is 238 g/mol. The number of H-pyrrole nitrogens is 1. The van der Waals surface area contributed by atoms with Gasteiger partial charge < -0.3 is 4.90 Å². The molecule has 0 unspecified atom stereocenters. The third kappa shape index (κ3) is 1.77. The molecule has 1 heterocycles. The molecule has 0 bridgehead atoms. The van der Waals surface area contributed by atoms with Gasteiger partial charge in [0.15, 0.2) is 4.77 Å². The van der Waals surface area contributed by atoms with Crippen LogP contribution in [0.1, 0.15) is 38.1 Å². The molecular weight excluding hydrogens is 220 g/mol. The molecule has 1 aromatic heterocycles. The van der Waals surface area contributed by atoms with Crippen LogP contribution in [0.25, 0.3) is 0 Å². The van der Waals surface area contributed by atoms with Crippen molar-refractivity contribution in [2.45, 2.75) is 38.1 Å². The molecule has 0 aliphatic heterocycles. The van der Waals surface area contributed by atoms with E-state index in [1.54, 1.807) is 0 Å². The molecule has 0 saturated heterocycles. The SMILES string of the molecule is CN(CC1CCC1)c1n[nH]c(=S)n1C1CC1. The molecule has 2 aliphatic carbocycles. The van der Waals surface area contributed by atoms with Gasteiger partial charge in [-0.05, 0) is 43.8 Å². The molecular formula is C11H18N4S. The summed E-state index contributed by atoms with van der Waals surface area (Å²) in [6.45, 7) is 1.12. The molecule has 0 amide bonds. The lowest BCUT2D eigenvalue weighted by Crippen LogP contribution is -2.31. The first kappa shape index (κ1) is 10.3. The minimum atomic E-state index is 0.602. The fourth-order valence-corrected chi connectivity index (χ4v) is 2.65. The van der Waals surface area contributed by atoms with Crippen LogP contribution in [-0.4, -0.2) is 28.4 Å². The lowest BCUT2D eigenvalue weighted by Gasteiger charge is -2.30. The Morgan fingerprint density at radius 2 is 2.19 bits per heavy atom. The van der Waals surface area contributed by atoms with Gasteiger partial charge in [-0.15, -0.1) is 5.10 Å². The zero-order chi connectivity index (χ0) is 11.1. The number of rotatable bonds is 4. The van der Waals surface area contributed by atoms with Gasteiger partial charge in [0, 0.05) is 19.6 Å². The largest absolute Gasteiger partial charge is 0.344 e. The molecule has 0 aromatic carbocycles. The Morgan fingerprint density at radius 3 is 2.75 bits per heavy atom. The van der Waals surface area contributed by atoms with Gasteiger partial charge in [-0.25, -0.2) is 5.10 Å². The summed E-state index contributed by atoms with van der Waals surface area (Å²) >= 11 is 5.28. The highest BCUT2D eigenvalue weighted by Crippen LogP contribution is 2.38. The molecule has 16 heavy (non-hydrogen) atoms. The van der Waals surface area contributed by atoms with Crippen LogP contribution in [-0.2, 0) is 0 Å². The number of nitrogens with zero attached hydrogens (tertiary/aromatic N) is 3. The predicted molar refractivity (Wildman–Crippen MR) is 66.3 cm³/mol. The van der Waals surface area contributed by atoms with Crippen LogP contribution in [0.4, 0.5) is 5.95 Å². The van der Waals surface area contributed by atoms with Crippen molar-refractivity contribution in [3.8, 4) is 0 Å². The smallest absolute Gasteiger partial charge is 0.225 e. The van der Waals surface area contributed by atoms with Crippen molar-refractivity contribution in [2.24, 2.45) is 5.92 Å². The summed E-state index contributed by atoms with van der Waals surface area (Å²) in [5.41, 5.74) is 0. The molecule has 88 valence electrons. The normalized spacial score (nSPS) is 20.8. The van der Waals surface area contributed by atoms with Crippen molar-refractivity contribution in [1.29, 1.82) is 0 Å². The number of nitrogens with one attached hydrogen (secondary N) is 1. The number of hydrogen-bond acceptors (Lipinski definition) is 3. The summed E-state index contributed by atoms with van der Waals surface area (Å²) < 4.78 is 2.96. The lowest BCUT2D eigenvalue weighted by atomic mass is 9.85. The summed E-state index contributed by atoms with van der Waals surface area (Å²) in [6, 6.07) is 0.602. The van der Waals surface area contributed by atoms with Crippen LogP contribution in [0.2, 0.25) is 0 Å². The fraction of sp³-hybridized carbons (Fsp3) is 0.818. The molecule has 0 spiro atoms. The molecule has 2 aliphatic rings. The van der Waals surface area contributed by atoms with E-state index in [1.165, 1.54) is 32.1 Å². The van der Waals surface area contributed by atoms with Gasteiger partial charge >= 0.3 is 0 Å². The van der Waals surface area contributed by atoms with Gasteiger partial charge in [-0.3, -0.25) is 4.57 Å². The number of hydrogen-bond donors (Lipinski definition) is 1. The maximum Gasteiger partial charge on any atom is 0.225 e. The molecule has 2 fully saturated rings.